The number of hydrogen-bond donors (Lipinski definition) is 1. The number of aromatic nitrogens is 5. The Labute approximate surface area is 181 Å². The Hall–Kier alpha value is -2.79. The SMILES string of the molecule is O=C(c1cnc(N[C@H]2C[C@H](n3c(=O)n(C4CC4)c4nccnc43)C2)s1)N1CCOCC1. The van der Waals surface area contributed by atoms with E-state index in [-0.39, 0.29) is 29.7 Å². The number of thiazole rings is 1. The average molecular weight is 442 g/mol. The Bertz CT molecular complexity index is 1190. The molecule has 1 saturated heterocycles. The first kappa shape index (κ1) is 18.9. The molecule has 1 aliphatic heterocycles. The van der Waals surface area contributed by atoms with Gasteiger partial charge in [0.05, 0.1) is 19.4 Å². The number of rotatable bonds is 5. The van der Waals surface area contributed by atoms with Gasteiger partial charge in [-0.15, -0.1) is 0 Å². The maximum atomic E-state index is 13.1. The number of morpholine rings is 1. The van der Waals surface area contributed by atoms with E-state index in [0.29, 0.717) is 42.5 Å². The van der Waals surface area contributed by atoms with Gasteiger partial charge in [-0.05, 0) is 25.7 Å². The fourth-order valence-electron chi connectivity index (χ4n) is 4.40. The number of hydrogen-bond acceptors (Lipinski definition) is 8. The average Bonchev–Trinajstić information content (AvgIpc) is 3.42. The van der Waals surface area contributed by atoms with Gasteiger partial charge in [0.15, 0.2) is 16.4 Å². The lowest BCUT2D eigenvalue weighted by Gasteiger charge is -2.36. The van der Waals surface area contributed by atoms with Crippen molar-refractivity contribution in [3.63, 3.8) is 0 Å². The van der Waals surface area contributed by atoms with Crippen molar-refractivity contribution < 1.29 is 9.53 Å². The summed E-state index contributed by atoms with van der Waals surface area (Å²) in [7, 11) is 0. The van der Waals surface area contributed by atoms with Gasteiger partial charge in [-0.3, -0.25) is 13.9 Å². The summed E-state index contributed by atoms with van der Waals surface area (Å²) >= 11 is 1.38. The molecule has 3 aliphatic rings. The van der Waals surface area contributed by atoms with E-state index < -0.39 is 0 Å². The fraction of sp³-hybridized carbons (Fsp3) is 0.550. The number of ether oxygens (including phenoxy) is 1. The Morgan fingerprint density at radius 1 is 1.03 bits per heavy atom. The topological polar surface area (TPSA) is 107 Å². The van der Waals surface area contributed by atoms with Crippen molar-refractivity contribution >= 4 is 33.7 Å². The summed E-state index contributed by atoms with van der Waals surface area (Å²) in [6.45, 7) is 2.41. The summed E-state index contributed by atoms with van der Waals surface area (Å²) in [5.74, 6) is 0.0124. The molecule has 31 heavy (non-hydrogen) atoms. The molecule has 3 fully saturated rings. The Balaban J connectivity index is 1.14. The minimum atomic E-state index is -0.000192. The van der Waals surface area contributed by atoms with Crippen LogP contribution >= 0.6 is 11.3 Å². The molecule has 0 atom stereocenters. The quantitative estimate of drug-likeness (QED) is 0.642. The van der Waals surface area contributed by atoms with E-state index in [1.165, 1.54) is 11.3 Å². The predicted octanol–water partition coefficient (Wildman–Crippen LogP) is 1.67. The van der Waals surface area contributed by atoms with Crippen molar-refractivity contribution in [3.05, 3.63) is 34.0 Å². The molecule has 1 amide bonds. The van der Waals surface area contributed by atoms with Crippen molar-refractivity contribution in [2.75, 3.05) is 31.6 Å². The minimum Gasteiger partial charge on any atom is -0.378 e. The lowest BCUT2D eigenvalue weighted by Crippen LogP contribution is -2.41. The Morgan fingerprint density at radius 2 is 1.71 bits per heavy atom. The van der Waals surface area contributed by atoms with Crippen LogP contribution in [0.3, 0.4) is 0 Å². The number of nitrogens with one attached hydrogen (secondary N) is 1. The first-order valence-corrected chi connectivity index (χ1v) is 11.5. The zero-order chi connectivity index (χ0) is 20.9. The maximum absolute atomic E-state index is 13.1. The van der Waals surface area contributed by atoms with Crippen LogP contribution in [0.5, 0.6) is 0 Å². The molecule has 4 heterocycles. The molecule has 1 N–H and O–H groups in total. The summed E-state index contributed by atoms with van der Waals surface area (Å²) in [6, 6.07) is 0.573. The maximum Gasteiger partial charge on any atom is 0.332 e. The van der Waals surface area contributed by atoms with Crippen LogP contribution in [0, 0.1) is 0 Å². The number of carbonyl (C=O) groups excluding carboxylic acids is 1. The number of imidazole rings is 1. The first-order chi connectivity index (χ1) is 15.2. The van der Waals surface area contributed by atoms with Gasteiger partial charge in [-0.1, -0.05) is 11.3 Å². The van der Waals surface area contributed by atoms with E-state index in [2.05, 4.69) is 20.3 Å². The van der Waals surface area contributed by atoms with Gasteiger partial charge in [0, 0.05) is 43.6 Å². The lowest BCUT2D eigenvalue weighted by molar-refractivity contribution is 0.0306. The van der Waals surface area contributed by atoms with E-state index in [9.17, 15) is 9.59 Å². The molecule has 2 aliphatic carbocycles. The summed E-state index contributed by atoms with van der Waals surface area (Å²) in [4.78, 5) is 41.4. The minimum absolute atomic E-state index is 0.000192. The highest BCUT2D eigenvalue weighted by Crippen LogP contribution is 2.39. The van der Waals surface area contributed by atoms with Crippen LogP contribution in [0.15, 0.2) is 23.4 Å². The van der Waals surface area contributed by atoms with E-state index >= 15 is 0 Å². The second-order valence-corrected chi connectivity index (χ2v) is 9.39. The molecule has 0 bridgehead atoms. The molecular formula is C20H23N7O3S. The van der Waals surface area contributed by atoms with Crippen LogP contribution in [0.1, 0.15) is 47.4 Å². The normalized spacial score (nSPS) is 23.7. The Kier molecular flexibility index (Phi) is 4.53. The number of nitrogens with zero attached hydrogens (tertiary/aromatic N) is 6. The first-order valence-electron chi connectivity index (χ1n) is 10.7. The predicted molar refractivity (Wildman–Crippen MR) is 115 cm³/mol. The second-order valence-electron chi connectivity index (χ2n) is 8.36. The second kappa shape index (κ2) is 7.41. The van der Waals surface area contributed by atoms with Gasteiger partial charge < -0.3 is 15.0 Å². The summed E-state index contributed by atoms with van der Waals surface area (Å²) < 4.78 is 8.94. The highest BCUT2D eigenvalue weighted by Gasteiger charge is 2.37. The van der Waals surface area contributed by atoms with Gasteiger partial charge in [0.1, 0.15) is 4.88 Å². The van der Waals surface area contributed by atoms with Gasteiger partial charge in [-0.2, -0.15) is 0 Å². The van der Waals surface area contributed by atoms with Gasteiger partial charge in [-0.25, -0.2) is 19.7 Å². The molecule has 0 spiro atoms. The van der Waals surface area contributed by atoms with E-state index in [1.54, 1.807) is 18.6 Å². The van der Waals surface area contributed by atoms with Crippen LogP contribution < -0.4 is 11.0 Å². The third-order valence-corrected chi connectivity index (χ3v) is 7.18. The van der Waals surface area contributed by atoms with E-state index in [1.807, 2.05) is 14.0 Å². The van der Waals surface area contributed by atoms with Crippen LogP contribution in [0.25, 0.3) is 11.3 Å². The molecule has 3 aromatic rings. The number of anilines is 1. The lowest BCUT2D eigenvalue weighted by atomic mass is 9.86. The van der Waals surface area contributed by atoms with Crippen LogP contribution in [0.2, 0.25) is 0 Å². The molecule has 3 aromatic heterocycles. The summed E-state index contributed by atoms with van der Waals surface area (Å²) in [6.07, 6.45) is 8.62. The van der Waals surface area contributed by atoms with Gasteiger partial charge in [0.2, 0.25) is 0 Å². The van der Waals surface area contributed by atoms with E-state index in [4.69, 9.17) is 4.74 Å². The third-order valence-electron chi connectivity index (χ3n) is 6.26. The summed E-state index contributed by atoms with van der Waals surface area (Å²) in [5.41, 5.74) is 1.37. The van der Waals surface area contributed by atoms with Crippen LogP contribution in [0.4, 0.5) is 5.13 Å². The summed E-state index contributed by atoms with van der Waals surface area (Å²) in [5, 5.41) is 4.16. The molecule has 11 heteroatoms. The Morgan fingerprint density at radius 3 is 2.39 bits per heavy atom. The molecule has 0 aromatic carbocycles. The van der Waals surface area contributed by atoms with E-state index in [0.717, 1.165) is 30.8 Å². The number of fused-ring (bicyclic) bond motifs is 1. The number of amides is 1. The highest BCUT2D eigenvalue weighted by molar-refractivity contribution is 7.17. The van der Waals surface area contributed by atoms with Crippen molar-refractivity contribution in [1.29, 1.82) is 0 Å². The highest BCUT2D eigenvalue weighted by atomic mass is 32.1. The van der Waals surface area contributed by atoms with Crippen molar-refractivity contribution in [2.45, 2.75) is 43.8 Å². The molecule has 0 radical (unpaired) electrons. The van der Waals surface area contributed by atoms with Crippen LogP contribution in [-0.2, 0) is 4.74 Å². The zero-order valence-electron chi connectivity index (χ0n) is 16.9. The van der Waals surface area contributed by atoms with Crippen molar-refractivity contribution in [1.82, 2.24) is 29.0 Å². The van der Waals surface area contributed by atoms with Gasteiger partial charge >= 0.3 is 5.69 Å². The van der Waals surface area contributed by atoms with Crippen LogP contribution in [-0.4, -0.2) is 67.2 Å². The smallest absolute Gasteiger partial charge is 0.332 e. The number of carbonyl (C=O) groups is 1. The monoisotopic (exact) mass is 441 g/mol. The molecular weight excluding hydrogens is 418 g/mol. The van der Waals surface area contributed by atoms with Crippen molar-refractivity contribution in [3.8, 4) is 0 Å². The fourth-order valence-corrected chi connectivity index (χ4v) is 5.27. The zero-order valence-corrected chi connectivity index (χ0v) is 17.8. The molecule has 6 rings (SSSR count). The molecule has 2 saturated carbocycles. The third kappa shape index (κ3) is 3.32. The molecule has 10 nitrogen and oxygen atoms in total. The molecule has 0 unspecified atom stereocenters. The standard InChI is InChI=1S/C20H23N7O3S/c28-18(25-5-7-30-8-6-25)15-11-23-19(31-15)24-12-9-14(10-12)27-17-16(21-3-4-22-17)26(20(27)29)13-1-2-13/h3-4,11-14H,1-2,5-10H2,(H,23,24)/t12-,14-. The molecule has 162 valence electrons. The van der Waals surface area contributed by atoms with Crippen molar-refractivity contribution in [2.24, 2.45) is 0 Å². The largest absolute Gasteiger partial charge is 0.378 e. The van der Waals surface area contributed by atoms with Gasteiger partial charge in [0.25, 0.3) is 5.91 Å².